The van der Waals surface area contributed by atoms with Gasteiger partial charge < -0.3 is 9.47 Å². The molecule has 0 atom stereocenters. The van der Waals surface area contributed by atoms with E-state index in [2.05, 4.69) is 4.99 Å². The number of aliphatic imine (C=N–C) groups is 1. The molecule has 3 aromatic carbocycles. The van der Waals surface area contributed by atoms with Gasteiger partial charge in [0.05, 0.1) is 26.4 Å². The lowest BCUT2D eigenvalue weighted by Crippen LogP contribution is -2.06. The van der Waals surface area contributed by atoms with Gasteiger partial charge in [-0.15, -0.1) is 0 Å². The Morgan fingerprint density at radius 3 is 2.53 bits per heavy atom. The first-order valence-electron chi connectivity index (χ1n) is 9.79. The lowest BCUT2D eigenvalue weighted by atomic mass is 10.1. The molecule has 0 aliphatic carbocycles. The molecule has 178 valence electrons. The third kappa shape index (κ3) is 6.17. The topological polar surface area (TPSA) is 74.0 Å². The van der Waals surface area contributed by atoms with Crippen molar-refractivity contribution in [2.24, 2.45) is 4.99 Å². The number of nitro groups is 1. The average molecular weight is 605 g/mol. The smallest absolute Gasteiger partial charge is 0.416 e. The highest BCUT2D eigenvalue weighted by Crippen LogP contribution is 2.42. The van der Waals surface area contributed by atoms with Gasteiger partial charge in [0.1, 0.15) is 0 Å². The number of hydrogen-bond donors (Lipinski definition) is 0. The fraction of sp³-hybridized carbons (Fsp3) is 0.174. The van der Waals surface area contributed by atoms with Crippen LogP contribution in [0, 0.1) is 20.6 Å². The zero-order chi connectivity index (χ0) is 25.0. The maximum absolute atomic E-state index is 13.0. The lowest BCUT2D eigenvalue weighted by Gasteiger charge is -2.15. The van der Waals surface area contributed by atoms with E-state index >= 15 is 0 Å². The number of nitro benzene ring substituents is 1. The Kier molecular flexibility index (Phi) is 8.03. The number of benzene rings is 3. The van der Waals surface area contributed by atoms with Crippen LogP contribution in [-0.4, -0.2) is 17.7 Å². The van der Waals surface area contributed by atoms with Crippen LogP contribution in [0.2, 0.25) is 5.02 Å². The summed E-state index contributed by atoms with van der Waals surface area (Å²) < 4.78 is 50.9. The van der Waals surface area contributed by atoms with Gasteiger partial charge in [-0.05, 0) is 84.0 Å². The van der Waals surface area contributed by atoms with Crippen molar-refractivity contribution in [2.45, 2.75) is 20.0 Å². The molecule has 0 N–H and O–H groups in total. The summed E-state index contributed by atoms with van der Waals surface area (Å²) in [4.78, 5) is 14.9. The molecule has 0 radical (unpaired) electrons. The summed E-state index contributed by atoms with van der Waals surface area (Å²) in [6, 6.07) is 10.8. The molecule has 0 aromatic heterocycles. The Labute approximate surface area is 211 Å². The SMILES string of the molecule is CCOc1cc(C=Nc2cc(Cl)ccc2C)cc(I)c1Oc1ccc(C(F)(F)F)cc1[N+](=O)[O-]. The van der Waals surface area contributed by atoms with E-state index in [9.17, 15) is 23.3 Å². The molecule has 0 saturated carbocycles. The van der Waals surface area contributed by atoms with Gasteiger partial charge in [0.25, 0.3) is 0 Å². The molecule has 0 aliphatic heterocycles. The first-order chi connectivity index (χ1) is 16.0. The van der Waals surface area contributed by atoms with Crippen molar-refractivity contribution < 1.29 is 27.6 Å². The number of ether oxygens (including phenoxy) is 2. The Bertz CT molecular complexity index is 1270. The van der Waals surface area contributed by atoms with E-state index < -0.39 is 22.4 Å². The number of hydrogen-bond acceptors (Lipinski definition) is 5. The van der Waals surface area contributed by atoms with Gasteiger partial charge in [-0.1, -0.05) is 17.7 Å². The molecular weight excluding hydrogens is 588 g/mol. The van der Waals surface area contributed by atoms with Crippen molar-refractivity contribution in [1.29, 1.82) is 0 Å². The molecule has 0 heterocycles. The largest absolute Gasteiger partial charge is 0.490 e. The van der Waals surface area contributed by atoms with Crippen molar-refractivity contribution >= 4 is 51.8 Å². The van der Waals surface area contributed by atoms with Crippen LogP contribution in [0.25, 0.3) is 0 Å². The van der Waals surface area contributed by atoms with Gasteiger partial charge in [0.15, 0.2) is 11.5 Å². The number of aryl methyl sites for hydroxylation is 1. The van der Waals surface area contributed by atoms with E-state index in [1.165, 1.54) is 0 Å². The third-order valence-corrected chi connectivity index (χ3v) is 5.59. The first kappa shape index (κ1) is 25.8. The minimum absolute atomic E-state index is 0.140. The zero-order valence-electron chi connectivity index (χ0n) is 17.8. The van der Waals surface area contributed by atoms with Crippen molar-refractivity contribution in [1.82, 2.24) is 0 Å². The molecule has 0 amide bonds. The molecule has 3 aromatic rings. The highest BCUT2D eigenvalue weighted by molar-refractivity contribution is 14.1. The van der Waals surface area contributed by atoms with Crippen LogP contribution >= 0.6 is 34.2 Å². The Hall–Kier alpha value is -2.86. The summed E-state index contributed by atoms with van der Waals surface area (Å²) in [5, 5.41) is 12.0. The van der Waals surface area contributed by atoms with Gasteiger partial charge in [0.2, 0.25) is 5.75 Å². The van der Waals surface area contributed by atoms with Crippen LogP contribution in [0.5, 0.6) is 17.2 Å². The van der Waals surface area contributed by atoms with Crippen LogP contribution < -0.4 is 9.47 Å². The highest BCUT2D eigenvalue weighted by atomic mass is 127. The summed E-state index contributed by atoms with van der Waals surface area (Å²) in [7, 11) is 0. The minimum Gasteiger partial charge on any atom is -0.490 e. The zero-order valence-corrected chi connectivity index (χ0v) is 20.7. The van der Waals surface area contributed by atoms with Crippen LogP contribution in [0.4, 0.5) is 24.5 Å². The third-order valence-electron chi connectivity index (χ3n) is 4.55. The van der Waals surface area contributed by atoms with Crippen molar-refractivity contribution in [2.75, 3.05) is 6.61 Å². The maximum atomic E-state index is 13.0. The minimum atomic E-state index is -4.73. The molecule has 34 heavy (non-hydrogen) atoms. The van der Waals surface area contributed by atoms with E-state index in [1.807, 2.05) is 35.6 Å². The van der Waals surface area contributed by atoms with Crippen LogP contribution in [0.3, 0.4) is 0 Å². The van der Waals surface area contributed by atoms with Gasteiger partial charge in [0, 0.05) is 17.3 Å². The highest BCUT2D eigenvalue weighted by Gasteiger charge is 2.33. The van der Waals surface area contributed by atoms with Crippen LogP contribution in [-0.2, 0) is 6.18 Å². The van der Waals surface area contributed by atoms with E-state index in [0.29, 0.717) is 25.9 Å². The standard InChI is InChI=1S/C23H17ClF3IN2O4/c1-3-33-21-9-14(12-29-18-11-16(24)6-4-13(18)2)8-17(28)22(21)34-20-7-5-15(23(25,26)27)10-19(20)30(31)32/h4-12H,3H2,1-2H3. The first-order valence-corrected chi connectivity index (χ1v) is 11.2. The summed E-state index contributed by atoms with van der Waals surface area (Å²) in [6.07, 6.45) is -3.12. The number of halogens is 5. The predicted molar refractivity (Wildman–Crippen MR) is 132 cm³/mol. The van der Waals surface area contributed by atoms with E-state index in [1.54, 1.807) is 37.4 Å². The lowest BCUT2D eigenvalue weighted by molar-refractivity contribution is -0.385. The monoisotopic (exact) mass is 604 g/mol. The van der Waals surface area contributed by atoms with Crippen molar-refractivity contribution in [3.05, 3.63) is 83.9 Å². The van der Waals surface area contributed by atoms with E-state index in [0.717, 1.165) is 17.7 Å². The molecule has 0 fully saturated rings. The second-order valence-corrected chi connectivity index (χ2v) is 8.59. The van der Waals surface area contributed by atoms with Gasteiger partial charge in [-0.3, -0.25) is 15.1 Å². The molecule has 6 nitrogen and oxygen atoms in total. The summed E-state index contributed by atoms with van der Waals surface area (Å²) in [6.45, 7) is 3.90. The van der Waals surface area contributed by atoms with Gasteiger partial charge in [-0.2, -0.15) is 13.2 Å². The Morgan fingerprint density at radius 1 is 1.15 bits per heavy atom. The Balaban J connectivity index is 2.00. The molecule has 0 saturated heterocycles. The van der Waals surface area contributed by atoms with Crippen LogP contribution in [0.1, 0.15) is 23.6 Å². The number of rotatable bonds is 7. The van der Waals surface area contributed by atoms with Gasteiger partial charge >= 0.3 is 11.9 Å². The Morgan fingerprint density at radius 2 is 1.88 bits per heavy atom. The van der Waals surface area contributed by atoms with Crippen molar-refractivity contribution in [3.8, 4) is 17.2 Å². The molecule has 11 heteroatoms. The summed E-state index contributed by atoms with van der Waals surface area (Å²) >= 11 is 7.99. The predicted octanol–water partition coefficient (Wildman–Crippen LogP) is 8.12. The van der Waals surface area contributed by atoms with Crippen molar-refractivity contribution in [3.63, 3.8) is 0 Å². The molecule has 3 rings (SSSR count). The second-order valence-electron chi connectivity index (χ2n) is 6.99. The molecule has 0 aliphatic rings. The second kappa shape index (κ2) is 10.6. The number of nitrogens with zero attached hydrogens (tertiary/aromatic N) is 2. The van der Waals surface area contributed by atoms with E-state index in [4.69, 9.17) is 21.1 Å². The van der Waals surface area contributed by atoms with Crippen LogP contribution in [0.15, 0.2) is 53.5 Å². The van der Waals surface area contributed by atoms with Gasteiger partial charge in [-0.25, -0.2) is 0 Å². The van der Waals surface area contributed by atoms with E-state index in [-0.39, 0.29) is 23.9 Å². The molecule has 0 spiro atoms. The quantitative estimate of drug-likeness (QED) is 0.118. The fourth-order valence-electron chi connectivity index (χ4n) is 2.92. The normalized spacial score (nSPS) is 11.6. The number of alkyl halides is 3. The average Bonchev–Trinajstić information content (AvgIpc) is 2.76. The summed E-state index contributed by atoms with van der Waals surface area (Å²) in [5.41, 5.74) is 0.307. The summed E-state index contributed by atoms with van der Waals surface area (Å²) in [5.74, 6) is 0.0575. The fourth-order valence-corrected chi connectivity index (χ4v) is 3.82. The molecule has 0 bridgehead atoms. The molecular formula is C23H17ClF3IN2O4. The maximum Gasteiger partial charge on any atom is 0.416 e. The molecule has 0 unspecified atom stereocenters.